The van der Waals surface area contributed by atoms with Crippen molar-refractivity contribution in [3.8, 4) is 0 Å². The molecule has 2 aliphatic heterocycles. The zero-order valence-electron chi connectivity index (χ0n) is 23.8. The number of fused-ring (bicyclic) bond motifs is 1. The average molecular weight is 582 g/mol. The molecule has 0 radical (unpaired) electrons. The molecular formula is C31H37BFNO6S. The Morgan fingerprint density at radius 2 is 1.95 bits per heavy atom. The number of nitrogens with one attached hydrogen (secondary N) is 1. The van der Waals surface area contributed by atoms with E-state index < -0.39 is 34.5 Å². The first kappa shape index (κ1) is 27.6. The molecule has 5 aliphatic rings. The summed E-state index contributed by atoms with van der Waals surface area (Å²) in [5.41, 5.74) is 2.45. The lowest BCUT2D eigenvalue weighted by atomic mass is 9.43. The monoisotopic (exact) mass is 581 g/mol. The maximum absolute atomic E-state index is 14.2. The van der Waals surface area contributed by atoms with Crippen molar-refractivity contribution in [3.05, 3.63) is 71.2 Å². The molecule has 3 aliphatic carbocycles. The Bertz CT molecular complexity index is 1570. The lowest BCUT2D eigenvalue weighted by Crippen LogP contribution is -2.65. The predicted molar refractivity (Wildman–Crippen MR) is 154 cm³/mol. The number of ether oxygens (including phenoxy) is 1. The molecule has 2 bridgehead atoms. The van der Waals surface area contributed by atoms with Gasteiger partial charge in [-0.3, -0.25) is 0 Å². The van der Waals surface area contributed by atoms with Crippen LogP contribution in [0.5, 0.6) is 0 Å². The molecule has 0 amide bonds. The second kappa shape index (κ2) is 9.91. The summed E-state index contributed by atoms with van der Waals surface area (Å²) < 4.78 is 69.6. The molecule has 2 aromatic carbocycles. The van der Waals surface area contributed by atoms with Crippen molar-refractivity contribution in [3.63, 3.8) is 0 Å². The molecule has 3 aromatic rings. The Hall–Kier alpha value is -2.24. The lowest BCUT2D eigenvalue weighted by Gasteiger charge is -2.64. The molecule has 41 heavy (non-hydrogen) atoms. The standard InChI is InChI=1S/C31H37BFNO6S/c1-30(2)21-14-27(30)31(3)28(15-21)39-32(40-31)29(13-20-17-38-25-8-5-4-7-23(20)25)34-41(35,36)18-19-10-11-22(33)16-24(19)26-9-6-12-37-26/h4-5,7-8,10-11,16-17,21,26-29,34H,6,9,12-15,18H2,1-3H3/t21-,26?,27-,28+,29-,31-/m0/s1. The summed E-state index contributed by atoms with van der Waals surface area (Å²) in [5.74, 6) is -0.454. The van der Waals surface area contributed by atoms with E-state index in [0.29, 0.717) is 36.0 Å². The molecule has 1 N–H and O–H groups in total. The molecule has 5 fully saturated rings. The van der Waals surface area contributed by atoms with Crippen molar-refractivity contribution in [2.75, 3.05) is 6.61 Å². The van der Waals surface area contributed by atoms with Gasteiger partial charge in [0.2, 0.25) is 10.0 Å². The van der Waals surface area contributed by atoms with Crippen LogP contribution in [0.2, 0.25) is 0 Å². The minimum atomic E-state index is -3.89. The molecule has 0 spiro atoms. The first-order valence-corrected chi connectivity index (χ1v) is 16.4. The highest BCUT2D eigenvalue weighted by atomic mass is 32.2. The minimum Gasteiger partial charge on any atom is -0.464 e. The zero-order valence-corrected chi connectivity index (χ0v) is 24.6. The van der Waals surface area contributed by atoms with Gasteiger partial charge in [0, 0.05) is 12.0 Å². The summed E-state index contributed by atoms with van der Waals surface area (Å²) in [4.78, 5) is 0. The van der Waals surface area contributed by atoms with Gasteiger partial charge in [-0.25, -0.2) is 17.5 Å². The van der Waals surface area contributed by atoms with E-state index in [1.54, 1.807) is 12.3 Å². The molecule has 218 valence electrons. The Labute approximate surface area is 241 Å². The summed E-state index contributed by atoms with van der Waals surface area (Å²) >= 11 is 0. The number of sulfonamides is 1. The summed E-state index contributed by atoms with van der Waals surface area (Å²) in [5, 5.41) is 0.931. The van der Waals surface area contributed by atoms with Crippen molar-refractivity contribution in [2.45, 2.75) is 82.4 Å². The van der Waals surface area contributed by atoms with E-state index >= 15 is 0 Å². The van der Waals surface area contributed by atoms with E-state index in [0.717, 1.165) is 42.2 Å². The third-order valence-corrected chi connectivity index (χ3v) is 11.7. The van der Waals surface area contributed by atoms with E-state index in [4.69, 9.17) is 18.5 Å². The largest absolute Gasteiger partial charge is 0.477 e. The Balaban J connectivity index is 1.18. The van der Waals surface area contributed by atoms with Crippen molar-refractivity contribution < 1.29 is 31.3 Å². The highest BCUT2D eigenvalue weighted by Crippen LogP contribution is 2.65. The van der Waals surface area contributed by atoms with E-state index in [9.17, 15) is 12.8 Å². The van der Waals surface area contributed by atoms with Gasteiger partial charge in [-0.05, 0) is 91.2 Å². The maximum Gasteiger partial charge on any atom is 0.477 e. The molecular weight excluding hydrogens is 544 g/mol. The number of para-hydroxylation sites is 1. The molecule has 8 rings (SSSR count). The third-order valence-electron chi connectivity index (χ3n) is 10.4. The van der Waals surface area contributed by atoms with Crippen molar-refractivity contribution in [1.29, 1.82) is 0 Å². The van der Waals surface area contributed by atoms with E-state index in [1.165, 1.54) is 12.1 Å². The molecule has 3 saturated carbocycles. The zero-order chi connectivity index (χ0) is 28.6. The van der Waals surface area contributed by atoms with Crippen LogP contribution in [0.1, 0.15) is 69.2 Å². The molecule has 7 nitrogen and oxygen atoms in total. The SMILES string of the molecule is CC1(C)[C@@H]2C[C@H]3OB([C@H](Cc4coc5ccccc45)NS(=O)(=O)Cc4ccc(F)cc4C4CCCO4)O[C@@]3(C)[C@H]1C2. The molecule has 2 saturated heterocycles. The van der Waals surface area contributed by atoms with Crippen LogP contribution in [0.3, 0.4) is 0 Å². The molecule has 3 heterocycles. The van der Waals surface area contributed by atoms with Gasteiger partial charge in [-0.1, -0.05) is 38.1 Å². The lowest BCUT2D eigenvalue weighted by molar-refractivity contribution is -0.199. The summed E-state index contributed by atoms with van der Waals surface area (Å²) in [7, 11) is -4.64. The fourth-order valence-electron chi connectivity index (χ4n) is 7.99. The Morgan fingerprint density at radius 1 is 1.12 bits per heavy atom. The quantitative estimate of drug-likeness (QED) is 0.343. The molecule has 1 unspecified atom stereocenters. The van der Waals surface area contributed by atoms with Crippen molar-refractivity contribution >= 4 is 28.1 Å². The van der Waals surface area contributed by atoms with Crippen LogP contribution in [-0.4, -0.2) is 39.8 Å². The van der Waals surface area contributed by atoms with Gasteiger partial charge in [0.25, 0.3) is 0 Å². The van der Waals surface area contributed by atoms with Gasteiger partial charge >= 0.3 is 7.12 Å². The fourth-order valence-corrected chi connectivity index (χ4v) is 9.40. The number of rotatable bonds is 8. The van der Waals surface area contributed by atoms with E-state index in [1.807, 2.05) is 24.3 Å². The fraction of sp³-hybridized carbons (Fsp3) is 0.548. The van der Waals surface area contributed by atoms with E-state index in [2.05, 4.69) is 25.5 Å². The highest BCUT2D eigenvalue weighted by molar-refractivity contribution is 7.88. The summed E-state index contributed by atoms with van der Waals surface area (Å²) in [6.07, 6.45) is 5.25. The van der Waals surface area contributed by atoms with Crippen LogP contribution in [-0.2, 0) is 36.2 Å². The number of benzene rings is 2. The van der Waals surface area contributed by atoms with Crippen LogP contribution in [0.25, 0.3) is 11.0 Å². The van der Waals surface area contributed by atoms with Gasteiger partial charge in [-0.15, -0.1) is 0 Å². The topological polar surface area (TPSA) is 87.0 Å². The maximum atomic E-state index is 14.2. The highest BCUT2D eigenvalue weighted by Gasteiger charge is 2.68. The Morgan fingerprint density at radius 3 is 2.73 bits per heavy atom. The average Bonchev–Trinajstić information content (AvgIpc) is 3.67. The first-order valence-electron chi connectivity index (χ1n) is 14.7. The van der Waals surface area contributed by atoms with E-state index in [-0.39, 0.29) is 23.4 Å². The van der Waals surface area contributed by atoms with Gasteiger partial charge in [0.15, 0.2) is 0 Å². The second-order valence-electron chi connectivity index (χ2n) is 13.1. The number of hydrogen-bond donors (Lipinski definition) is 1. The number of halogens is 1. The van der Waals surface area contributed by atoms with Gasteiger partial charge in [-0.2, -0.15) is 0 Å². The Kier molecular flexibility index (Phi) is 6.67. The van der Waals surface area contributed by atoms with Crippen LogP contribution in [0.4, 0.5) is 4.39 Å². The molecule has 10 heteroatoms. The molecule has 6 atom stereocenters. The van der Waals surface area contributed by atoms with Crippen LogP contribution in [0.15, 0.2) is 53.1 Å². The summed E-state index contributed by atoms with van der Waals surface area (Å²) in [6, 6.07) is 12.0. The number of hydrogen-bond acceptors (Lipinski definition) is 6. The van der Waals surface area contributed by atoms with Crippen LogP contribution >= 0.6 is 0 Å². The van der Waals surface area contributed by atoms with Crippen LogP contribution < -0.4 is 4.72 Å². The van der Waals surface area contributed by atoms with Crippen molar-refractivity contribution in [1.82, 2.24) is 4.72 Å². The van der Waals surface area contributed by atoms with Gasteiger partial charge in [0.1, 0.15) is 11.4 Å². The summed E-state index contributed by atoms with van der Waals surface area (Å²) in [6.45, 7) is 7.32. The third kappa shape index (κ3) is 4.76. The second-order valence-corrected chi connectivity index (χ2v) is 14.9. The van der Waals surface area contributed by atoms with Gasteiger partial charge < -0.3 is 18.5 Å². The molecule has 1 aromatic heterocycles. The predicted octanol–water partition coefficient (Wildman–Crippen LogP) is 5.72. The van der Waals surface area contributed by atoms with Crippen LogP contribution in [0, 0.1) is 23.1 Å². The minimum absolute atomic E-state index is 0.0828. The normalized spacial score (nSPS) is 31.3. The first-order chi connectivity index (χ1) is 19.5. The number of furan rings is 1. The smallest absolute Gasteiger partial charge is 0.464 e. The van der Waals surface area contributed by atoms with Gasteiger partial charge in [0.05, 0.1) is 35.8 Å². The van der Waals surface area contributed by atoms with Crippen molar-refractivity contribution in [2.24, 2.45) is 17.3 Å².